The first kappa shape index (κ1) is 53.2. The van der Waals surface area contributed by atoms with E-state index in [4.69, 9.17) is 17.2 Å². The van der Waals surface area contributed by atoms with Gasteiger partial charge in [0, 0.05) is 13.1 Å². The van der Waals surface area contributed by atoms with Crippen molar-refractivity contribution in [1.82, 2.24) is 53.2 Å². The maximum atomic E-state index is 13.5. The van der Waals surface area contributed by atoms with Gasteiger partial charge in [0.2, 0.25) is 53.2 Å². The van der Waals surface area contributed by atoms with Crippen LogP contribution < -0.4 is 70.4 Å². The predicted molar refractivity (Wildman–Crippen MR) is 213 cm³/mol. The average molecular weight is 887 g/mol. The molecule has 0 aromatic rings. The van der Waals surface area contributed by atoms with Gasteiger partial charge in [-0.2, -0.15) is 0 Å². The minimum atomic E-state index is -1.95. The lowest BCUT2D eigenvalue weighted by Gasteiger charge is -2.26. The molecule has 0 saturated carbocycles. The van der Waals surface area contributed by atoms with Crippen LogP contribution in [-0.2, 0) is 47.9 Å². The van der Waals surface area contributed by atoms with E-state index in [2.05, 4.69) is 58.2 Å². The smallest absolute Gasteiger partial charge is 0.312 e. The molecule has 0 aromatic carbocycles. The Morgan fingerprint density at radius 2 is 1.05 bits per heavy atom. The number of hydrogen-bond donors (Lipinski definition) is 16. The third-order valence-electron chi connectivity index (χ3n) is 8.49. The fourth-order valence-electron chi connectivity index (χ4n) is 5.44. The summed E-state index contributed by atoms with van der Waals surface area (Å²) in [7, 11) is 0. The second-order valence-corrected chi connectivity index (χ2v) is 14.2. The number of carbonyl (C=O) groups excluding carboxylic acids is 10. The number of hydrogen-bond acceptors (Lipinski definition) is 14. The molecule has 1 aliphatic heterocycles. The SMILES string of the molecule is CC(C)C[C@@H]1NC(=O)CNC(=O)[C@H](CO)NC(=O)[C@H](CCCN=C(N)N)NC(=O)[C@H](CO)NC(=O)[C@H](CC(=O)O)NC(=O)[C@H](CCCNC(N)=O)NC(=O)CNC(=O)CNC1=O. The van der Waals surface area contributed by atoms with Gasteiger partial charge in [0.05, 0.1) is 39.3 Å². The van der Waals surface area contributed by atoms with Gasteiger partial charge in [-0.15, -0.1) is 0 Å². The number of aliphatic carboxylic acids is 1. The summed E-state index contributed by atoms with van der Waals surface area (Å²) in [6.07, 6.45) is -1.45. The minimum absolute atomic E-state index is 0.000303. The lowest BCUT2D eigenvalue weighted by molar-refractivity contribution is -0.141. The Bertz CT molecular complexity index is 1660. The van der Waals surface area contributed by atoms with Crippen LogP contribution in [0.4, 0.5) is 4.79 Å². The van der Waals surface area contributed by atoms with Crippen molar-refractivity contribution in [2.24, 2.45) is 28.1 Å². The molecule has 28 nitrogen and oxygen atoms in total. The Labute approximate surface area is 354 Å². The zero-order valence-electron chi connectivity index (χ0n) is 34.2. The molecule has 0 spiro atoms. The van der Waals surface area contributed by atoms with Crippen molar-refractivity contribution in [2.45, 2.75) is 88.6 Å². The van der Waals surface area contributed by atoms with Gasteiger partial charge in [-0.05, 0) is 38.0 Å². The fourth-order valence-corrected chi connectivity index (χ4v) is 5.44. The average Bonchev–Trinajstić information content (AvgIpc) is 3.19. The second-order valence-electron chi connectivity index (χ2n) is 14.2. The van der Waals surface area contributed by atoms with Crippen LogP contribution in [0.25, 0.3) is 0 Å². The molecule has 28 heteroatoms. The summed E-state index contributed by atoms with van der Waals surface area (Å²) in [5.41, 5.74) is 15.8. The van der Waals surface area contributed by atoms with Crippen molar-refractivity contribution >= 4 is 71.1 Å². The third-order valence-corrected chi connectivity index (χ3v) is 8.49. The van der Waals surface area contributed by atoms with E-state index in [0.717, 1.165) is 0 Å². The molecular formula is C34H58N14O14. The van der Waals surface area contributed by atoms with Crippen molar-refractivity contribution in [1.29, 1.82) is 0 Å². The number of urea groups is 1. The number of aliphatic imine (C=N–C) groups is 1. The molecule has 1 rings (SSSR count). The van der Waals surface area contributed by atoms with Gasteiger partial charge in [0.1, 0.15) is 36.3 Å². The van der Waals surface area contributed by atoms with E-state index in [0.29, 0.717) is 0 Å². The van der Waals surface area contributed by atoms with Gasteiger partial charge in [-0.25, -0.2) is 4.79 Å². The van der Waals surface area contributed by atoms with Crippen LogP contribution in [0.1, 0.15) is 52.4 Å². The molecule has 6 atom stereocenters. The molecule has 0 bridgehead atoms. The lowest BCUT2D eigenvalue weighted by atomic mass is 10.0. The molecule has 0 unspecified atom stereocenters. The topological polar surface area (TPSA) is 459 Å². The summed E-state index contributed by atoms with van der Waals surface area (Å²) in [4.78, 5) is 145. The first-order valence-corrected chi connectivity index (χ1v) is 19.3. The van der Waals surface area contributed by atoms with Gasteiger partial charge in [-0.1, -0.05) is 13.8 Å². The number of carboxylic acids is 1. The van der Waals surface area contributed by atoms with Gasteiger partial charge >= 0.3 is 12.0 Å². The van der Waals surface area contributed by atoms with Crippen LogP contribution in [0.2, 0.25) is 0 Å². The molecule has 11 amide bonds. The molecule has 1 aliphatic rings. The number of carboxylic acid groups (broad SMARTS) is 1. The Hall–Kier alpha value is -6.84. The van der Waals surface area contributed by atoms with Crippen LogP contribution in [-0.4, -0.2) is 169 Å². The zero-order chi connectivity index (χ0) is 46.9. The highest BCUT2D eigenvalue weighted by Crippen LogP contribution is 2.06. The maximum Gasteiger partial charge on any atom is 0.312 e. The van der Waals surface area contributed by atoms with Crippen LogP contribution in [0.5, 0.6) is 0 Å². The standard InChI is InChI=1S/C34H58N14O14/c1-16(2)9-19-27(56)41-11-23(51)40-12-24(52)43-17(5-4-8-39-34(37)62)29(58)46-20(10-26(54)55)31(60)48-22(15-50)32(61)45-18(6-3-7-38-33(35)36)30(59)47-21(14-49)28(57)42-13-25(53)44-19/h16-22,49-50H,3-15H2,1-2H3,(H,40,51)(H,41,56)(H,42,57)(H,43,52)(H,44,53)(H,45,61)(H,46,58)(H,47,59)(H,48,60)(H,54,55)(H4,35,36,38)(H3,37,39,62)/t17-,18-,19-,20-,21-,22-/m0/s1. The predicted octanol–water partition coefficient (Wildman–Crippen LogP) is -8.74. The van der Waals surface area contributed by atoms with E-state index < -0.39 is 141 Å². The molecule has 1 heterocycles. The normalized spacial score (nSPS) is 23.3. The molecule has 62 heavy (non-hydrogen) atoms. The highest BCUT2D eigenvalue weighted by atomic mass is 16.4. The van der Waals surface area contributed by atoms with Gasteiger partial charge in [-0.3, -0.25) is 52.9 Å². The van der Waals surface area contributed by atoms with E-state index >= 15 is 0 Å². The Kier molecular flexibility index (Phi) is 23.9. The van der Waals surface area contributed by atoms with E-state index in [1.165, 1.54) is 0 Å². The maximum absolute atomic E-state index is 13.5. The summed E-state index contributed by atoms with van der Waals surface area (Å²) in [5.74, 6) is -11.4. The summed E-state index contributed by atoms with van der Waals surface area (Å²) in [6.45, 7) is -0.981. The van der Waals surface area contributed by atoms with Crippen molar-refractivity contribution in [3.8, 4) is 0 Å². The van der Waals surface area contributed by atoms with Gasteiger partial charge in [0.25, 0.3) is 0 Å². The zero-order valence-corrected chi connectivity index (χ0v) is 34.2. The number of nitrogens with zero attached hydrogens (tertiary/aromatic N) is 1. The Morgan fingerprint density at radius 3 is 1.58 bits per heavy atom. The number of primary amides is 1. The fraction of sp³-hybridized carbons (Fsp3) is 0.647. The summed E-state index contributed by atoms with van der Waals surface area (Å²) in [5, 5.41) is 52.0. The molecule has 19 N–H and O–H groups in total. The number of aliphatic hydroxyl groups excluding tert-OH is 2. The van der Waals surface area contributed by atoms with Crippen molar-refractivity contribution < 1.29 is 68.1 Å². The Balaban J connectivity index is 3.60. The van der Waals surface area contributed by atoms with E-state index in [-0.39, 0.29) is 57.1 Å². The molecule has 1 fully saturated rings. The molecule has 0 radical (unpaired) electrons. The first-order valence-electron chi connectivity index (χ1n) is 19.3. The van der Waals surface area contributed by atoms with E-state index in [1.54, 1.807) is 13.8 Å². The summed E-state index contributed by atoms with van der Waals surface area (Å²) < 4.78 is 0. The molecule has 0 aliphatic carbocycles. The largest absolute Gasteiger partial charge is 0.481 e. The molecule has 1 saturated heterocycles. The highest BCUT2D eigenvalue weighted by Gasteiger charge is 2.33. The number of amides is 11. The van der Waals surface area contributed by atoms with E-state index in [9.17, 15) is 68.1 Å². The molecule has 0 aromatic heterocycles. The van der Waals surface area contributed by atoms with Crippen LogP contribution in [0.15, 0.2) is 4.99 Å². The van der Waals surface area contributed by atoms with Crippen LogP contribution >= 0.6 is 0 Å². The van der Waals surface area contributed by atoms with Gasteiger partial charge in [0.15, 0.2) is 5.96 Å². The third kappa shape index (κ3) is 21.4. The monoisotopic (exact) mass is 886 g/mol. The first-order chi connectivity index (χ1) is 29.2. The second kappa shape index (κ2) is 27.8. The molecule has 348 valence electrons. The van der Waals surface area contributed by atoms with Crippen LogP contribution in [0, 0.1) is 5.92 Å². The Morgan fingerprint density at radius 1 is 0.613 bits per heavy atom. The van der Waals surface area contributed by atoms with Crippen molar-refractivity contribution in [2.75, 3.05) is 45.9 Å². The summed E-state index contributed by atoms with van der Waals surface area (Å²) >= 11 is 0. The molecular weight excluding hydrogens is 828 g/mol. The number of carbonyl (C=O) groups is 11. The van der Waals surface area contributed by atoms with Crippen molar-refractivity contribution in [3.05, 3.63) is 0 Å². The number of guanidine groups is 1. The lowest BCUT2D eigenvalue weighted by Crippen LogP contribution is -2.60. The number of nitrogens with two attached hydrogens (primary N) is 3. The van der Waals surface area contributed by atoms with E-state index in [1.807, 2.05) is 0 Å². The highest BCUT2D eigenvalue weighted by molar-refractivity contribution is 5.98. The number of rotatable bonds is 14. The minimum Gasteiger partial charge on any atom is -0.481 e. The number of aliphatic hydroxyl groups is 2. The van der Waals surface area contributed by atoms with Gasteiger partial charge < -0.3 is 85.7 Å². The van der Waals surface area contributed by atoms with Crippen LogP contribution in [0.3, 0.4) is 0 Å². The van der Waals surface area contributed by atoms with Crippen molar-refractivity contribution in [3.63, 3.8) is 0 Å². The summed E-state index contributed by atoms with van der Waals surface area (Å²) in [6, 6.07) is -10.7. The number of nitrogens with one attached hydrogen (secondary N) is 10. The quantitative estimate of drug-likeness (QED) is 0.0437.